The summed E-state index contributed by atoms with van der Waals surface area (Å²) in [4.78, 5) is 33.8. The van der Waals surface area contributed by atoms with Gasteiger partial charge >= 0.3 is 5.97 Å². The number of fused-ring (bicyclic) bond motifs is 2. The number of thiazole rings is 1. The molecule has 0 spiro atoms. The fraction of sp³-hybridized carbons (Fsp3) is 0.143. The lowest BCUT2D eigenvalue weighted by molar-refractivity contribution is -0.140. The van der Waals surface area contributed by atoms with Gasteiger partial charge in [-0.2, -0.15) is 4.99 Å². The van der Waals surface area contributed by atoms with Crippen LogP contribution in [0.25, 0.3) is 21.1 Å². The van der Waals surface area contributed by atoms with E-state index in [4.69, 9.17) is 0 Å². The number of hydrogen-bond acceptors (Lipinski definition) is 4. The molecule has 28 heavy (non-hydrogen) atoms. The summed E-state index contributed by atoms with van der Waals surface area (Å²) in [5, 5.41) is 10.5. The van der Waals surface area contributed by atoms with Gasteiger partial charge in [0, 0.05) is 11.6 Å². The molecule has 2 heterocycles. The van der Waals surface area contributed by atoms with E-state index in [1.807, 2.05) is 42.5 Å². The van der Waals surface area contributed by atoms with E-state index < -0.39 is 17.9 Å². The average Bonchev–Trinajstić information content (AvgIpc) is 3.05. The molecule has 0 radical (unpaired) electrons. The van der Waals surface area contributed by atoms with Gasteiger partial charge in [-0.05, 0) is 30.7 Å². The van der Waals surface area contributed by atoms with Crippen LogP contribution in [0.4, 0.5) is 0 Å². The number of carbonyl (C=O) groups excluding carboxylic acids is 1. The van der Waals surface area contributed by atoms with Gasteiger partial charge in [0.1, 0.15) is 6.04 Å². The summed E-state index contributed by atoms with van der Waals surface area (Å²) in [6, 6.07) is 15.7. The van der Waals surface area contributed by atoms with Crippen LogP contribution in [0, 0.1) is 0 Å². The van der Waals surface area contributed by atoms with Gasteiger partial charge in [-0.1, -0.05) is 48.6 Å². The maximum absolute atomic E-state index is 13.0. The molecule has 0 saturated heterocycles. The van der Waals surface area contributed by atoms with Crippen molar-refractivity contribution >= 4 is 44.3 Å². The van der Waals surface area contributed by atoms with E-state index >= 15 is 0 Å². The van der Waals surface area contributed by atoms with Gasteiger partial charge < -0.3 is 9.67 Å². The molecule has 2 aromatic carbocycles. The SMILES string of the molecule is CCC(C(=O)O)n1c(=NC(=O)c2cccc3cccnc23)sc2ccccc21. The van der Waals surface area contributed by atoms with Crippen LogP contribution in [0.1, 0.15) is 29.7 Å². The molecule has 1 amide bonds. The summed E-state index contributed by atoms with van der Waals surface area (Å²) in [7, 11) is 0. The summed E-state index contributed by atoms with van der Waals surface area (Å²) in [6.07, 6.45) is 2.02. The number of aromatic nitrogens is 2. The Kier molecular flexibility index (Phi) is 4.75. The highest BCUT2D eigenvalue weighted by Crippen LogP contribution is 2.23. The van der Waals surface area contributed by atoms with Crippen molar-refractivity contribution in [1.82, 2.24) is 9.55 Å². The Morgan fingerprint density at radius 3 is 2.71 bits per heavy atom. The van der Waals surface area contributed by atoms with Crippen molar-refractivity contribution in [2.45, 2.75) is 19.4 Å². The molecule has 140 valence electrons. The molecule has 0 aliphatic heterocycles. The molecule has 0 fully saturated rings. The number of pyridine rings is 1. The third kappa shape index (κ3) is 3.10. The Hall–Kier alpha value is -3.32. The van der Waals surface area contributed by atoms with Crippen molar-refractivity contribution in [2.75, 3.05) is 0 Å². The first-order valence-corrected chi connectivity index (χ1v) is 9.67. The molecule has 1 unspecified atom stereocenters. The van der Waals surface area contributed by atoms with E-state index in [-0.39, 0.29) is 0 Å². The van der Waals surface area contributed by atoms with Gasteiger partial charge in [-0.25, -0.2) is 4.79 Å². The highest BCUT2D eigenvalue weighted by molar-refractivity contribution is 7.16. The van der Waals surface area contributed by atoms with Crippen LogP contribution in [-0.2, 0) is 4.79 Å². The highest BCUT2D eigenvalue weighted by atomic mass is 32.1. The van der Waals surface area contributed by atoms with Gasteiger partial charge in [0.05, 0.1) is 21.3 Å². The Balaban J connectivity index is 1.94. The number of aliphatic carboxylic acids is 1. The van der Waals surface area contributed by atoms with Crippen molar-refractivity contribution in [1.29, 1.82) is 0 Å². The molecule has 4 aromatic rings. The van der Waals surface area contributed by atoms with Crippen LogP contribution in [0.15, 0.2) is 65.8 Å². The maximum atomic E-state index is 13.0. The Bertz CT molecular complexity index is 1270. The number of rotatable bonds is 4. The van der Waals surface area contributed by atoms with Gasteiger partial charge in [0.25, 0.3) is 5.91 Å². The van der Waals surface area contributed by atoms with E-state index in [0.717, 1.165) is 15.6 Å². The second-order valence-electron chi connectivity index (χ2n) is 6.28. The predicted octanol–water partition coefficient (Wildman–Crippen LogP) is 4.03. The second kappa shape index (κ2) is 7.36. The molecular formula is C21H17N3O3S. The largest absolute Gasteiger partial charge is 0.480 e. The lowest BCUT2D eigenvalue weighted by Gasteiger charge is -2.13. The number of carboxylic acids is 1. The molecule has 0 saturated carbocycles. The lowest BCUT2D eigenvalue weighted by atomic mass is 10.1. The number of benzene rings is 2. The fourth-order valence-corrected chi connectivity index (χ4v) is 4.33. The van der Waals surface area contributed by atoms with E-state index in [0.29, 0.717) is 22.3 Å². The second-order valence-corrected chi connectivity index (χ2v) is 7.29. The number of hydrogen-bond donors (Lipinski definition) is 1. The highest BCUT2D eigenvalue weighted by Gasteiger charge is 2.22. The standard InChI is InChI=1S/C21H17N3O3S/c1-2-15(20(26)27)24-16-10-3-4-11-17(16)28-21(24)23-19(25)14-9-5-7-13-8-6-12-22-18(13)14/h3-12,15H,2H2,1H3,(H,26,27). The minimum atomic E-state index is -0.952. The summed E-state index contributed by atoms with van der Waals surface area (Å²) in [6.45, 7) is 1.80. The van der Waals surface area contributed by atoms with Crippen LogP contribution >= 0.6 is 11.3 Å². The molecule has 4 rings (SSSR count). The zero-order valence-electron chi connectivity index (χ0n) is 15.1. The first-order chi connectivity index (χ1) is 13.6. The Labute approximate surface area is 164 Å². The third-order valence-corrected chi connectivity index (χ3v) is 5.61. The van der Waals surface area contributed by atoms with Crippen LogP contribution in [0.2, 0.25) is 0 Å². The van der Waals surface area contributed by atoms with Crippen LogP contribution in [0.5, 0.6) is 0 Å². The minimum Gasteiger partial charge on any atom is -0.480 e. The number of amides is 1. The molecule has 1 atom stereocenters. The van der Waals surface area contributed by atoms with Crippen LogP contribution < -0.4 is 4.80 Å². The maximum Gasteiger partial charge on any atom is 0.326 e. The number of carboxylic acid groups (broad SMARTS) is 1. The number of nitrogens with zero attached hydrogens (tertiary/aromatic N) is 3. The van der Waals surface area contributed by atoms with Crippen molar-refractivity contribution < 1.29 is 14.7 Å². The summed E-state index contributed by atoms with van der Waals surface area (Å²) in [5.41, 5.74) is 1.73. The van der Waals surface area contributed by atoms with Crippen molar-refractivity contribution in [2.24, 2.45) is 4.99 Å². The number of para-hydroxylation sites is 2. The molecular weight excluding hydrogens is 374 g/mol. The Morgan fingerprint density at radius 1 is 1.14 bits per heavy atom. The van der Waals surface area contributed by atoms with E-state index in [9.17, 15) is 14.7 Å². The molecule has 0 aliphatic carbocycles. The molecule has 7 heteroatoms. The zero-order valence-corrected chi connectivity index (χ0v) is 15.9. The summed E-state index contributed by atoms with van der Waals surface area (Å²) >= 11 is 1.31. The monoisotopic (exact) mass is 391 g/mol. The molecule has 2 aromatic heterocycles. The van der Waals surface area contributed by atoms with E-state index in [1.54, 1.807) is 29.8 Å². The number of carbonyl (C=O) groups is 2. The van der Waals surface area contributed by atoms with Crippen LogP contribution in [0.3, 0.4) is 0 Å². The Morgan fingerprint density at radius 2 is 1.93 bits per heavy atom. The van der Waals surface area contributed by atoms with Gasteiger partial charge in [0.2, 0.25) is 0 Å². The quantitative estimate of drug-likeness (QED) is 0.569. The van der Waals surface area contributed by atoms with Gasteiger partial charge in [0.15, 0.2) is 4.80 Å². The van der Waals surface area contributed by atoms with Crippen LogP contribution in [-0.4, -0.2) is 26.5 Å². The predicted molar refractivity (Wildman–Crippen MR) is 108 cm³/mol. The lowest BCUT2D eigenvalue weighted by Crippen LogP contribution is -2.27. The third-order valence-electron chi connectivity index (χ3n) is 4.58. The fourth-order valence-electron chi connectivity index (χ4n) is 3.26. The molecule has 0 aliphatic rings. The topological polar surface area (TPSA) is 84.5 Å². The zero-order chi connectivity index (χ0) is 19.7. The van der Waals surface area contributed by atoms with E-state index in [1.165, 1.54) is 11.3 Å². The van der Waals surface area contributed by atoms with Crippen molar-refractivity contribution in [3.8, 4) is 0 Å². The first kappa shape index (κ1) is 18.1. The summed E-state index contributed by atoms with van der Waals surface area (Å²) < 4.78 is 2.52. The van der Waals surface area contributed by atoms with Gasteiger partial charge in [-0.3, -0.25) is 9.78 Å². The van der Waals surface area contributed by atoms with Gasteiger partial charge in [-0.15, -0.1) is 0 Å². The normalized spacial score (nSPS) is 13.1. The molecule has 1 N–H and O–H groups in total. The summed E-state index contributed by atoms with van der Waals surface area (Å²) in [5.74, 6) is -1.39. The average molecular weight is 391 g/mol. The minimum absolute atomic E-state index is 0.369. The van der Waals surface area contributed by atoms with E-state index in [2.05, 4.69) is 9.98 Å². The molecule has 6 nitrogen and oxygen atoms in total. The van der Waals surface area contributed by atoms with Crippen molar-refractivity contribution in [3.63, 3.8) is 0 Å². The smallest absolute Gasteiger partial charge is 0.326 e. The first-order valence-electron chi connectivity index (χ1n) is 8.86. The van der Waals surface area contributed by atoms with Crippen molar-refractivity contribution in [3.05, 3.63) is 71.2 Å². The molecule has 0 bridgehead atoms.